The Kier molecular flexibility index (Phi) is 5.37. The van der Waals surface area contributed by atoms with Gasteiger partial charge in [-0.3, -0.25) is 9.78 Å². The Morgan fingerprint density at radius 2 is 1.89 bits per heavy atom. The third-order valence-electron chi connectivity index (χ3n) is 5.18. The van der Waals surface area contributed by atoms with Gasteiger partial charge in [0.1, 0.15) is 11.4 Å². The van der Waals surface area contributed by atoms with Crippen LogP contribution in [-0.2, 0) is 0 Å². The lowest BCUT2D eigenvalue weighted by atomic mass is 10.0. The second kappa shape index (κ2) is 8.25. The molecule has 1 aromatic carbocycles. The molecule has 0 radical (unpaired) electrons. The number of carbonyl (C=O) groups is 1. The van der Waals surface area contributed by atoms with E-state index >= 15 is 0 Å². The molecule has 3 aromatic rings. The third-order valence-corrected chi connectivity index (χ3v) is 5.18. The van der Waals surface area contributed by atoms with Gasteiger partial charge >= 0.3 is 0 Å². The number of carbonyl (C=O) groups excluding carboxylic acids is 1. The van der Waals surface area contributed by atoms with E-state index in [0.717, 1.165) is 48.5 Å². The first-order valence-electron chi connectivity index (χ1n) is 9.58. The van der Waals surface area contributed by atoms with Gasteiger partial charge in [-0.15, -0.1) is 0 Å². The lowest BCUT2D eigenvalue weighted by molar-refractivity contribution is 0.0651. The number of likely N-dealkylation sites (tertiary alicyclic amines) is 1. The van der Waals surface area contributed by atoms with Crippen LogP contribution in [0.3, 0.4) is 0 Å². The normalized spacial score (nSPS) is 17.2. The molecule has 1 atom stereocenters. The third kappa shape index (κ3) is 3.76. The van der Waals surface area contributed by atoms with Gasteiger partial charge in [-0.25, -0.2) is 0 Å². The molecule has 6 nitrogen and oxygen atoms in total. The van der Waals surface area contributed by atoms with Crippen molar-refractivity contribution in [2.75, 3.05) is 13.7 Å². The number of nitrogens with zero attached hydrogens (tertiary/aromatic N) is 3. The lowest BCUT2D eigenvalue weighted by Gasteiger charge is -2.28. The summed E-state index contributed by atoms with van der Waals surface area (Å²) in [5.74, 6) is 1.54. The first kappa shape index (κ1) is 18.2. The van der Waals surface area contributed by atoms with Crippen LogP contribution in [0.25, 0.3) is 11.3 Å². The van der Waals surface area contributed by atoms with Crippen molar-refractivity contribution in [3.05, 3.63) is 66.2 Å². The van der Waals surface area contributed by atoms with Crippen molar-refractivity contribution in [2.24, 2.45) is 0 Å². The van der Waals surface area contributed by atoms with E-state index in [2.05, 4.69) is 10.1 Å². The molecule has 1 saturated heterocycles. The fourth-order valence-electron chi connectivity index (χ4n) is 3.65. The molecule has 0 bridgehead atoms. The molecule has 3 heterocycles. The van der Waals surface area contributed by atoms with Crippen molar-refractivity contribution < 1.29 is 14.1 Å². The molecule has 6 heteroatoms. The number of methoxy groups -OCH3 is 1. The molecule has 0 saturated carbocycles. The van der Waals surface area contributed by atoms with Gasteiger partial charge in [0.15, 0.2) is 5.76 Å². The maximum Gasteiger partial charge on any atom is 0.254 e. The second-order valence-electron chi connectivity index (χ2n) is 6.94. The summed E-state index contributed by atoms with van der Waals surface area (Å²) in [5.41, 5.74) is 2.37. The summed E-state index contributed by atoms with van der Waals surface area (Å²) in [6, 6.07) is 13.1. The molecule has 4 rings (SSSR count). The van der Waals surface area contributed by atoms with Crippen LogP contribution < -0.4 is 4.74 Å². The zero-order valence-corrected chi connectivity index (χ0v) is 15.9. The average molecular weight is 377 g/mol. The lowest BCUT2D eigenvalue weighted by Crippen LogP contribution is -2.34. The number of pyridine rings is 1. The van der Waals surface area contributed by atoms with Gasteiger partial charge in [-0.2, -0.15) is 0 Å². The fourth-order valence-corrected chi connectivity index (χ4v) is 3.65. The zero-order valence-electron chi connectivity index (χ0n) is 15.9. The maximum atomic E-state index is 13.1. The summed E-state index contributed by atoms with van der Waals surface area (Å²) >= 11 is 0. The van der Waals surface area contributed by atoms with Crippen molar-refractivity contribution in [1.82, 2.24) is 15.0 Å². The van der Waals surface area contributed by atoms with Gasteiger partial charge in [0, 0.05) is 36.1 Å². The molecule has 0 unspecified atom stereocenters. The predicted octanol–water partition coefficient (Wildman–Crippen LogP) is 4.50. The van der Waals surface area contributed by atoms with E-state index in [4.69, 9.17) is 9.26 Å². The summed E-state index contributed by atoms with van der Waals surface area (Å²) < 4.78 is 10.9. The van der Waals surface area contributed by atoms with E-state index in [0.29, 0.717) is 12.1 Å². The summed E-state index contributed by atoms with van der Waals surface area (Å²) in [7, 11) is 1.64. The van der Waals surface area contributed by atoms with Crippen LogP contribution in [0.15, 0.2) is 59.4 Å². The Labute approximate surface area is 164 Å². The number of ether oxygens (including phenoxy) is 1. The smallest absolute Gasteiger partial charge is 0.254 e. The standard InChI is InChI=1S/C22H23N3O3/c1-27-18-8-6-16(7-9-18)19-15-21(28-24-19)20-5-3-2-4-14-25(20)22(26)17-10-12-23-13-11-17/h6-13,15,20H,2-5,14H2,1H3/t20-/m1/s1. The first-order valence-corrected chi connectivity index (χ1v) is 9.58. The van der Waals surface area contributed by atoms with Crippen LogP contribution in [0, 0.1) is 0 Å². The molecule has 1 fully saturated rings. The van der Waals surface area contributed by atoms with Crippen molar-refractivity contribution >= 4 is 5.91 Å². The fraction of sp³-hybridized carbons (Fsp3) is 0.318. The highest BCUT2D eigenvalue weighted by Gasteiger charge is 2.30. The van der Waals surface area contributed by atoms with Gasteiger partial charge in [-0.1, -0.05) is 18.0 Å². The van der Waals surface area contributed by atoms with Crippen molar-refractivity contribution in [3.63, 3.8) is 0 Å². The van der Waals surface area contributed by atoms with Crippen molar-refractivity contribution in [3.8, 4) is 17.0 Å². The molecule has 28 heavy (non-hydrogen) atoms. The Bertz CT molecular complexity index is 922. The SMILES string of the molecule is COc1ccc(-c2cc([C@H]3CCCCCN3C(=O)c3ccncc3)on2)cc1. The van der Waals surface area contributed by atoms with Crippen LogP contribution in [0.2, 0.25) is 0 Å². The molecule has 0 spiro atoms. The Balaban J connectivity index is 1.61. The summed E-state index contributed by atoms with van der Waals surface area (Å²) in [5, 5.41) is 4.25. The van der Waals surface area contributed by atoms with Gasteiger partial charge < -0.3 is 14.2 Å². The van der Waals surface area contributed by atoms with E-state index in [1.165, 1.54) is 0 Å². The first-order chi connectivity index (χ1) is 13.8. The molecular formula is C22H23N3O3. The molecule has 144 valence electrons. The maximum absolute atomic E-state index is 13.1. The quantitative estimate of drug-likeness (QED) is 0.669. The Morgan fingerprint density at radius 3 is 2.64 bits per heavy atom. The molecule has 2 aromatic heterocycles. The minimum absolute atomic E-state index is 0.0108. The van der Waals surface area contributed by atoms with Gasteiger partial charge in [-0.05, 0) is 49.2 Å². The molecule has 1 aliphatic heterocycles. The number of amides is 1. The minimum Gasteiger partial charge on any atom is -0.497 e. The van der Waals surface area contributed by atoms with Crippen LogP contribution in [0.4, 0.5) is 0 Å². The van der Waals surface area contributed by atoms with Gasteiger partial charge in [0.05, 0.1) is 13.2 Å². The monoisotopic (exact) mass is 377 g/mol. The Morgan fingerprint density at radius 1 is 1.11 bits per heavy atom. The summed E-state index contributed by atoms with van der Waals surface area (Å²) in [4.78, 5) is 19.0. The van der Waals surface area contributed by atoms with E-state index in [9.17, 15) is 4.79 Å². The summed E-state index contributed by atoms with van der Waals surface area (Å²) in [6.45, 7) is 0.713. The molecule has 1 amide bonds. The molecule has 1 aliphatic rings. The van der Waals surface area contributed by atoms with Crippen molar-refractivity contribution in [2.45, 2.75) is 31.7 Å². The van der Waals surface area contributed by atoms with E-state index in [1.54, 1.807) is 31.6 Å². The highest BCUT2D eigenvalue weighted by molar-refractivity contribution is 5.94. The van der Waals surface area contributed by atoms with Crippen LogP contribution in [-0.4, -0.2) is 34.6 Å². The minimum atomic E-state index is -0.109. The van der Waals surface area contributed by atoms with Crippen LogP contribution in [0.5, 0.6) is 5.75 Å². The van der Waals surface area contributed by atoms with Gasteiger partial charge in [0.25, 0.3) is 5.91 Å². The average Bonchev–Trinajstić information content (AvgIpc) is 3.12. The van der Waals surface area contributed by atoms with Gasteiger partial charge in [0.2, 0.25) is 0 Å². The molecule has 0 aliphatic carbocycles. The molecular weight excluding hydrogens is 354 g/mol. The van der Waals surface area contributed by atoms with Crippen LogP contribution >= 0.6 is 0 Å². The number of aromatic nitrogens is 2. The topological polar surface area (TPSA) is 68.5 Å². The van der Waals surface area contributed by atoms with E-state index < -0.39 is 0 Å². The van der Waals surface area contributed by atoms with Crippen LogP contribution in [0.1, 0.15) is 47.8 Å². The largest absolute Gasteiger partial charge is 0.497 e. The zero-order chi connectivity index (χ0) is 19.3. The highest BCUT2D eigenvalue weighted by atomic mass is 16.5. The number of hydrogen-bond donors (Lipinski definition) is 0. The number of benzene rings is 1. The predicted molar refractivity (Wildman–Crippen MR) is 105 cm³/mol. The van der Waals surface area contributed by atoms with E-state index in [-0.39, 0.29) is 11.9 Å². The number of hydrogen-bond acceptors (Lipinski definition) is 5. The van der Waals surface area contributed by atoms with E-state index in [1.807, 2.05) is 35.2 Å². The Hall–Kier alpha value is -3.15. The number of rotatable bonds is 4. The second-order valence-corrected chi connectivity index (χ2v) is 6.94. The summed E-state index contributed by atoms with van der Waals surface area (Å²) in [6.07, 6.45) is 7.33. The van der Waals surface area contributed by atoms with Crippen molar-refractivity contribution in [1.29, 1.82) is 0 Å². The highest BCUT2D eigenvalue weighted by Crippen LogP contribution is 2.33. The molecule has 0 N–H and O–H groups in total.